The summed E-state index contributed by atoms with van der Waals surface area (Å²) in [6.45, 7) is -0.0690. The molecule has 0 radical (unpaired) electrons. The molecule has 19 heteroatoms. The van der Waals surface area contributed by atoms with Crippen molar-refractivity contribution < 1.29 is 74.6 Å². The fraction of sp³-hybridized carbons (Fsp3) is 0.514. The standard InChI is InChI=1S/C37H37F17NP/c1-7-13-23-15-11-18-26(25(23)14-8-2)28-19-12-20-55(28)56(5,6,29-22(4)21(3)24-16-9-10-17-27(24)29)37(53,54)35(48,49)33(44,45)31(40,41)30(38,39)32(42,43)34(46,47)36(50,51)52/h9-12,15-20,29H,7-8,13-14H2,1-6H3. The van der Waals surface area contributed by atoms with Crippen LogP contribution in [0.15, 0.2) is 66.4 Å². The zero-order valence-corrected chi connectivity index (χ0v) is 31.4. The molecule has 0 saturated carbocycles. The summed E-state index contributed by atoms with van der Waals surface area (Å²) in [4.78, 5) is 0. The van der Waals surface area contributed by atoms with Crippen LogP contribution >= 0.6 is 6.75 Å². The molecular formula is C37H37F17NP. The minimum absolute atomic E-state index is 0.113. The van der Waals surface area contributed by atoms with Crippen LogP contribution in [0.25, 0.3) is 16.8 Å². The molecule has 1 atom stereocenters. The Bertz CT molecular complexity index is 1990. The monoisotopic (exact) mass is 849 g/mol. The van der Waals surface area contributed by atoms with Gasteiger partial charge in [0.25, 0.3) is 0 Å². The number of rotatable bonds is 14. The summed E-state index contributed by atoms with van der Waals surface area (Å²) in [6, 6.07) is 11.9. The van der Waals surface area contributed by atoms with E-state index < -0.39 is 59.8 Å². The van der Waals surface area contributed by atoms with E-state index in [4.69, 9.17) is 0 Å². The van der Waals surface area contributed by atoms with E-state index in [2.05, 4.69) is 0 Å². The van der Waals surface area contributed by atoms with Crippen LogP contribution in [-0.4, -0.2) is 65.0 Å². The maximum atomic E-state index is 17.6. The van der Waals surface area contributed by atoms with Crippen LogP contribution in [0.3, 0.4) is 0 Å². The molecule has 0 bridgehead atoms. The topological polar surface area (TPSA) is 4.93 Å². The van der Waals surface area contributed by atoms with Gasteiger partial charge in [0.2, 0.25) is 0 Å². The summed E-state index contributed by atoms with van der Waals surface area (Å²) in [6.07, 6.45) is -5.38. The zero-order valence-electron chi connectivity index (χ0n) is 30.5. The van der Waals surface area contributed by atoms with Crippen LogP contribution in [-0.2, 0) is 12.8 Å². The fourth-order valence-electron chi connectivity index (χ4n) is 7.76. The summed E-state index contributed by atoms with van der Waals surface area (Å²) in [5.41, 5.74) is -8.01. The number of benzene rings is 2. The normalized spacial score (nSPS) is 17.6. The number of hydrogen-bond acceptors (Lipinski definition) is 0. The quantitative estimate of drug-likeness (QED) is 0.112. The van der Waals surface area contributed by atoms with Gasteiger partial charge in [0, 0.05) is 0 Å². The van der Waals surface area contributed by atoms with Crippen molar-refractivity contribution in [3.8, 4) is 11.3 Å². The first-order valence-corrected chi connectivity index (χ1v) is 20.1. The summed E-state index contributed by atoms with van der Waals surface area (Å²) < 4.78 is 253. The van der Waals surface area contributed by atoms with Gasteiger partial charge < -0.3 is 0 Å². The van der Waals surface area contributed by atoms with Crippen molar-refractivity contribution in [1.29, 1.82) is 0 Å². The van der Waals surface area contributed by atoms with Gasteiger partial charge in [0.1, 0.15) is 0 Å². The summed E-state index contributed by atoms with van der Waals surface area (Å²) in [5.74, 6) is -50.6. The van der Waals surface area contributed by atoms with E-state index in [9.17, 15) is 39.5 Å². The van der Waals surface area contributed by atoms with E-state index in [1.54, 1.807) is 13.0 Å². The average molecular weight is 850 g/mol. The SMILES string of the molecule is CCCc1cccc(-c2cccn2P(C)(C)(C2C(C)=C(C)c3ccccc32)C(F)(F)C(F)(F)C(F)(F)C(F)(F)C(F)(F)C(F)(F)C(F)(F)C(F)(F)F)c1CCC. The van der Waals surface area contributed by atoms with E-state index in [-0.39, 0.29) is 40.0 Å². The Morgan fingerprint density at radius 1 is 0.554 bits per heavy atom. The third-order valence-corrected chi connectivity index (χ3v) is 16.8. The fourth-order valence-corrected chi connectivity index (χ4v) is 13.3. The van der Waals surface area contributed by atoms with Crippen LogP contribution < -0.4 is 0 Å². The summed E-state index contributed by atoms with van der Waals surface area (Å²) in [7, 11) is 0. The number of hydrogen-bond donors (Lipinski definition) is 0. The molecule has 1 nitrogen and oxygen atoms in total. The van der Waals surface area contributed by atoms with Crippen molar-refractivity contribution in [2.24, 2.45) is 0 Å². The van der Waals surface area contributed by atoms with E-state index in [1.807, 2.05) is 6.92 Å². The molecule has 0 N–H and O–H groups in total. The molecule has 314 valence electrons. The first-order valence-electron chi connectivity index (χ1n) is 17.0. The van der Waals surface area contributed by atoms with Gasteiger partial charge in [-0.2, -0.15) is 0 Å². The molecule has 2 aromatic carbocycles. The van der Waals surface area contributed by atoms with Gasteiger partial charge in [-0.05, 0) is 0 Å². The predicted octanol–water partition coefficient (Wildman–Crippen LogP) is 14.2. The predicted molar refractivity (Wildman–Crippen MR) is 180 cm³/mol. The zero-order chi connectivity index (χ0) is 43.1. The number of nitrogens with zero attached hydrogens (tertiary/aromatic N) is 1. The van der Waals surface area contributed by atoms with Crippen molar-refractivity contribution in [3.63, 3.8) is 0 Å². The van der Waals surface area contributed by atoms with Crippen molar-refractivity contribution >= 4 is 12.3 Å². The summed E-state index contributed by atoms with van der Waals surface area (Å²) >= 11 is 0. The molecule has 1 aromatic heterocycles. The van der Waals surface area contributed by atoms with Crippen LogP contribution in [0.1, 0.15) is 68.4 Å². The molecule has 1 aliphatic carbocycles. The number of aryl methyl sites for hydroxylation is 1. The van der Waals surface area contributed by atoms with Gasteiger partial charge in [-0.15, -0.1) is 0 Å². The Morgan fingerprint density at radius 2 is 1.04 bits per heavy atom. The Kier molecular flexibility index (Phi) is 11.1. The van der Waals surface area contributed by atoms with E-state index >= 15 is 35.1 Å². The van der Waals surface area contributed by atoms with E-state index in [0.29, 0.717) is 48.1 Å². The first-order chi connectivity index (χ1) is 25.2. The third-order valence-electron chi connectivity index (χ3n) is 10.9. The van der Waals surface area contributed by atoms with Gasteiger partial charge in [0.05, 0.1) is 0 Å². The third kappa shape index (κ3) is 5.66. The van der Waals surface area contributed by atoms with Gasteiger partial charge in [0.15, 0.2) is 0 Å². The van der Waals surface area contributed by atoms with E-state index in [0.717, 1.165) is 31.3 Å². The number of alkyl halides is 17. The number of aromatic nitrogens is 1. The Morgan fingerprint density at radius 3 is 1.55 bits per heavy atom. The number of halogens is 17. The molecule has 0 amide bonds. The van der Waals surface area contributed by atoms with Gasteiger partial charge in [-0.3, -0.25) is 0 Å². The molecule has 56 heavy (non-hydrogen) atoms. The van der Waals surface area contributed by atoms with Crippen molar-refractivity contribution in [1.82, 2.24) is 4.34 Å². The van der Waals surface area contributed by atoms with Gasteiger partial charge in [-0.25, -0.2) is 0 Å². The van der Waals surface area contributed by atoms with Crippen LogP contribution in [0.4, 0.5) is 74.6 Å². The molecule has 1 aliphatic rings. The summed E-state index contributed by atoms with van der Waals surface area (Å²) in [5, 5.41) is 0. The molecule has 1 unspecified atom stereocenters. The molecule has 0 spiro atoms. The Balaban J connectivity index is 2.15. The second-order valence-electron chi connectivity index (χ2n) is 14.6. The average Bonchev–Trinajstić information content (AvgIpc) is 3.68. The Labute approximate surface area is 310 Å². The molecule has 0 saturated heterocycles. The Hall–Kier alpha value is -3.30. The molecule has 0 aliphatic heterocycles. The van der Waals surface area contributed by atoms with E-state index in [1.165, 1.54) is 37.3 Å². The molecular weight excluding hydrogens is 812 g/mol. The number of fused-ring (bicyclic) bond motifs is 1. The van der Waals surface area contributed by atoms with Crippen molar-refractivity contribution in [2.75, 3.05) is 13.3 Å². The molecule has 4 rings (SSSR count). The second-order valence-corrected chi connectivity index (χ2v) is 20.4. The van der Waals surface area contributed by atoms with Crippen LogP contribution in [0.2, 0.25) is 0 Å². The molecule has 3 aromatic rings. The number of allylic oxidation sites excluding steroid dienone is 2. The first kappa shape index (κ1) is 45.4. The molecule has 0 fully saturated rings. The second kappa shape index (κ2) is 13.6. The van der Waals surface area contributed by atoms with Crippen molar-refractivity contribution in [2.45, 2.75) is 106 Å². The van der Waals surface area contributed by atoms with Gasteiger partial charge in [-0.1, -0.05) is 0 Å². The maximum absolute atomic E-state index is 17.6. The van der Waals surface area contributed by atoms with Crippen LogP contribution in [0, 0.1) is 0 Å². The van der Waals surface area contributed by atoms with Crippen LogP contribution in [0.5, 0.6) is 0 Å². The molecule has 1 heterocycles. The minimum atomic E-state index is -8.72. The van der Waals surface area contributed by atoms with Gasteiger partial charge >= 0.3 is 311 Å². The van der Waals surface area contributed by atoms with Crippen molar-refractivity contribution in [3.05, 3.63) is 88.6 Å².